The molecule has 4 heteroatoms. The number of hydrogen-bond acceptors (Lipinski definition) is 3. The van der Waals surface area contributed by atoms with E-state index in [4.69, 9.17) is 5.73 Å². The lowest BCUT2D eigenvalue weighted by atomic mass is 9.93. The second-order valence-electron chi connectivity index (χ2n) is 4.48. The zero-order valence-corrected chi connectivity index (χ0v) is 9.83. The van der Waals surface area contributed by atoms with Gasteiger partial charge in [0.2, 0.25) is 5.91 Å². The van der Waals surface area contributed by atoms with E-state index in [0.29, 0.717) is 6.04 Å². The van der Waals surface area contributed by atoms with Gasteiger partial charge in [-0.05, 0) is 46.3 Å². The number of carbonyl (C=O) groups is 1. The molecule has 0 aromatic rings. The molecule has 0 aromatic carbocycles. The molecule has 1 saturated heterocycles. The fraction of sp³-hybridized carbons (Fsp3) is 0.909. The molecule has 1 heterocycles. The van der Waals surface area contributed by atoms with E-state index in [-0.39, 0.29) is 11.8 Å². The summed E-state index contributed by atoms with van der Waals surface area (Å²) < 4.78 is 0. The van der Waals surface area contributed by atoms with E-state index < -0.39 is 0 Å². The number of likely N-dealkylation sites (tertiary alicyclic amines) is 1. The van der Waals surface area contributed by atoms with Crippen molar-refractivity contribution in [2.75, 3.05) is 26.7 Å². The average Bonchev–Trinajstić information content (AvgIpc) is 2.20. The lowest BCUT2D eigenvalue weighted by Crippen LogP contribution is -2.46. The largest absolute Gasteiger partial charge is 0.369 e. The van der Waals surface area contributed by atoms with Crippen LogP contribution in [0.4, 0.5) is 0 Å². The summed E-state index contributed by atoms with van der Waals surface area (Å²) in [6.07, 6.45) is 3.18. The van der Waals surface area contributed by atoms with Gasteiger partial charge in [-0.1, -0.05) is 0 Å². The Kier molecular flexibility index (Phi) is 5.05. The summed E-state index contributed by atoms with van der Waals surface area (Å²) in [5.74, 6) is -0.0729. The van der Waals surface area contributed by atoms with Crippen LogP contribution in [0, 0.1) is 5.92 Å². The first-order valence-corrected chi connectivity index (χ1v) is 5.83. The summed E-state index contributed by atoms with van der Waals surface area (Å²) in [6.45, 7) is 5.17. The van der Waals surface area contributed by atoms with Gasteiger partial charge in [0, 0.05) is 12.6 Å². The molecule has 88 valence electrons. The van der Waals surface area contributed by atoms with Crippen molar-refractivity contribution < 1.29 is 4.79 Å². The van der Waals surface area contributed by atoms with Crippen LogP contribution in [0.15, 0.2) is 0 Å². The molecule has 0 saturated carbocycles. The van der Waals surface area contributed by atoms with Gasteiger partial charge < -0.3 is 11.1 Å². The lowest BCUT2D eigenvalue weighted by molar-refractivity contribution is -0.123. The van der Waals surface area contributed by atoms with Crippen molar-refractivity contribution in [1.29, 1.82) is 0 Å². The molecular formula is C11H23N3O. The van der Waals surface area contributed by atoms with Crippen molar-refractivity contribution in [2.45, 2.75) is 32.2 Å². The fourth-order valence-corrected chi connectivity index (χ4v) is 2.18. The topological polar surface area (TPSA) is 58.4 Å². The van der Waals surface area contributed by atoms with Gasteiger partial charge in [-0.2, -0.15) is 0 Å². The van der Waals surface area contributed by atoms with Crippen LogP contribution in [-0.4, -0.2) is 43.5 Å². The van der Waals surface area contributed by atoms with E-state index in [2.05, 4.69) is 17.1 Å². The van der Waals surface area contributed by atoms with E-state index in [9.17, 15) is 4.79 Å². The molecule has 3 N–H and O–H groups in total. The molecule has 0 radical (unpaired) electrons. The Hall–Kier alpha value is -0.610. The van der Waals surface area contributed by atoms with Gasteiger partial charge in [-0.3, -0.25) is 9.69 Å². The molecule has 2 atom stereocenters. The highest BCUT2D eigenvalue weighted by molar-refractivity contribution is 5.76. The summed E-state index contributed by atoms with van der Waals surface area (Å²) in [7, 11) is 1.96. The Morgan fingerprint density at radius 2 is 2.27 bits per heavy atom. The van der Waals surface area contributed by atoms with Gasteiger partial charge in [0.05, 0.1) is 5.92 Å². The smallest absolute Gasteiger partial charge is 0.221 e. The lowest BCUT2D eigenvalue weighted by Gasteiger charge is -2.36. The SMILES string of the molecule is CNCCCN1CC(C(N)=O)CCC1C. The molecule has 0 aliphatic carbocycles. The van der Waals surface area contributed by atoms with E-state index in [0.717, 1.165) is 38.9 Å². The summed E-state index contributed by atoms with van der Waals surface area (Å²) in [5, 5.41) is 3.14. The number of amides is 1. The molecule has 0 spiro atoms. The molecule has 15 heavy (non-hydrogen) atoms. The maximum atomic E-state index is 11.1. The van der Waals surface area contributed by atoms with Crippen molar-refractivity contribution in [3.8, 4) is 0 Å². The van der Waals surface area contributed by atoms with Crippen LogP contribution in [-0.2, 0) is 4.79 Å². The van der Waals surface area contributed by atoms with E-state index >= 15 is 0 Å². The third-order valence-corrected chi connectivity index (χ3v) is 3.29. The molecular weight excluding hydrogens is 190 g/mol. The average molecular weight is 213 g/mol. The van der Waals surface area contributed by atoms with E-state index in [1.165, 1.54) is 0 Å². The molecule has 1 rings (SSSR count). The summed E-state index contributed by atoms with van der Waals surface area (Å²) in [6, 6.07) is 0.595. The standard InChI is InChI=1S/C11H23N3O/c1-9-4-5-10(11(12)15)8-14(9)7-3-6-13-2/h9-10,13H,3-8H2,1-2H3,(H2,12,15). The van der Waals surface area contributed by atoms with Gasteiger partial charge >= 0.3 is 0 Å². The number of rotatable bonds is 5. The van der Waals surface area contributed by atoms with Crippen LogP contribution in [0.5, 0.6) is 0 Å². The van der Waals surface area contributed by atoms with Crippen LogP contribution in [0.2, 0.25) is 0 Å². The summed E-state index contributed by atoms with van der Waals surface area (Å²) in [4.78, 5) is 13.5. The first-order chi connectivity index (χ1) is 7.15. The van der Waals surface area contributed by atoms with Crippen molar-refractivity contribution in [2.24, 2.45) is 11.7 Å². The first-order valence-electron chi connectivity index (χ1n) is 5.83. The predicted molar refractivity (Wildman–Crippen MR) is 61.5 cm³/mol. The minimum atomic E-state index is -0.138. The second-order valence-corrected chi connectivity index (χ2v) is 4.48. The number of nitrogens with zero attached hydrogens (tertiary/aromatic N) is 1. The maximum absolute atomic E-state index is 11.1. The van der Waals surface area contributed by atoms with Crippen molar-refractivity contribution in [3.05, 3.63) is 0 Å². The van der Waals surface area contributed by atoms with Crippen molar-refractivity contribution >= 4 is 5.91 Å². The third kappa shape index (κ3) is 3.80. The Labute approximate surface area is 92.2 Å². The van der Waals surface area contributed by atoms with Crippen LogP contribution >= 0.6 is 0 Å². The molecule has 1 aliphatic rings. The Balaban J connectivity index is 2.36. The predicted octanol–water partition coefficient (Wildman–Crippen LogP) is 0.182. The minimum absolute atomic E-state index is 0.0655. The number of hydrogen-bond donors (Lipinski definition) is 2. The zero-order chi connectivity index (χ0) is 11.3. The quantitative estimate of drug-likeness (QED) is 0.641. The molecule has 2 unspecified atom stereocenters. The van der Waals surface area contributed by atoms with Crippen molar-refractivity contribution in [3.63, 3.8) is 0 Å². The highest BCUT2D eigenvalue weighted by Crippen LogP contribution is 2.21. The Bertz CT molecular complexity index is 208. The Morgan fingerprint density at radius 1 is 1.53 bits per heavy atom. The number of nitrogens with two attached hydrogens (primary N) is 1. The van der Waals surface area contributed by atoms with Crippen LogP contribution in [0.3, 0.4) is 0 Å². The minimum Gasteiger partial charge on any atom is -0.369 e. The van der Waals surface area contributed by atoms with Crippen LogP contribution in [0.1, 0.15) is 26.2 Å². The number of piperidine rings is 1. The van der Waals surface area contributed by atoms with Crippen LogP contribution < -0.4 is 11.1 Å². The number of primary amides is 1. The number of carbonyl (C=O) groups excluding carboxylic acids is 1. The number of nitrogens with one attached hydrogen (secondary N) is 1. The molecule has 0 aromatic heterocycles. The molecule has 1 aliphatic heterocycles. The van der Waals surface area contributed by atoms with Gasteiger partial charge in [0.15, 0.2) is 0 Å². The zero-order valence-electron chi connectivity index (χ0n) is 9.83. The molecule has 0 bridgehead atoms. The van der Waals surface area contributed by atoms with Gasteiger partial charge in [0.1, 0.15) is 0 Å². The molecule has 1 fully saturated rings. The second kappa shape index (κ2) is 6.08. The third-order valence-electron chi connectivity index (χ3n) is 3.29. The normalized spacial score (nSPS) is 27.9. The highest BCUT2D eigenvalue weighted by Gasteiger charge is 2.27. The summed E-state index contributed by atoms with van der Waals surface area (Å²) >= 11 is 0. The monoisotopic (exact) mass is 213 g/mol. The molecule has 4 nitrogen and oxygen atoms in total. The maximum Gasteiger partial charge on any atom is 0.221 e. The van der Waals surface area contributed by atoms with Crippen molar-refractivity contribution in [1.82, 2.24) is 10.2 Å². The van der Waals surface area contributed by atoms with Gasteiger partial charge in [-0.25, -0.2) is 0 Å². The Morgan fingerprint density at radius 3 is 2.87 bits per heavy atom. The summed E-state index contributed by atoms with van der Waals surface area (Å²) in [5.41, 5.74) is 5.35. The van der Waals surface area contributed by atoms with Crippen LogP contribution in [0.25, 0.3) is 0 Å². The highest BCUT2D eigenvalue weighted by atomic mass is 16.1. The van der Waals surface area contributed by atoms with Gasteiger partial charge in [-0.15, -0.1) is 0 Å². The van der Waals surface area contributed by atoms with E-state index in [1.54, 1.807) is 0 Å². The first kappa shape index (κ1) is 12.5. The van der Waals surface area contributed by atoms with E-state index in [1.807, 2.05) is 7.05 Å². The fourth-order valence-electron chi connectivity index (χ4n) is 2.18. The van der Waals surface area contributed by atoms with Gasteiger partial charge in [0.25, 0.3) is 0 Å². The molecule has 1 amide bonds.